The molecule has 2 aromatic carbocycles. The Morgan fingerprint density at radius 2 is 1.45 bits per heavy atom. The van der Waals surface area contributed by atoms with Crippen molar-refractivity contribution in [1.29, 1.82) is 0 Å². The molecule has 0 spiro atoms. The third kappa shape index (κ3) is 4.51. The van der Waals surface area contributed by atoms with E-state index in [9.17, 15) is 13.6 Å². The molecule has 0 aliphatic carbocycles. The molecule has 29 heavy (non-hydrogen) atoms. The minimum atomic E-state index is -0.305. The summed E-state index contributed by atoms with van der Waals surface area (Å²) in [6.07, 6.45) is 1.58. The van der Waals surface area contributed by atoms with Crippen LogP contribution in [0, 0.1) is 11.6 Å². The van der Waals surface area contributed by atoms with Crippen molar-refractivity contribution in [2.24, 2.45) is 0 Å². The van der Waals surface area contributed by atoms with Crippen LogP contribution in [0.25, 0.3) is 0 Å². The maximum atomic E-state index is 13.1. The molecule has 1 N–H and O–H groups in total. The molecule has 7 heteroatoms. The van der Waals surface area contributed by atoms with E-state index >= 15 is 0 Å². The Labute approximate surface area is 167 Å². The topological polar surface area (TPSA) is 48.5 Å². The molecule has 2 heterocycles. The summed E-state index contributed by atoms with van der Waals surface area (Å²) in [7, 11) is 0. The molecule has 1 aliphatic heterocycles. The van der Waals surface area contributed by atoms with Gasteiger partial charge in [-0.1, -0.05) is 0 Å². The van der Waals surface area contributed by atoms with E-state index < -0.39 is 0 Å². The van der Waals surface area contributed by atoms with Gasteiger partial charge in [0.15, 0.2) is 0 Å². The number of amides is 1. The molecule has 0 saturated carbocycles. The Hall–Kier alpha value is -3.48. The molecule has 0 bridgehead atoms. The fourth-order valence-electron chi connectivity index (χ4n) is 3.31. The number of aromatic nitrogens is 1. The predicted molar refractivity (Wildman–Crippen MR) is 108 cm³/mol. The number of carbonyl (C=O) groups is 1. The van der Waals surface area contributed by atoms with Gasteiger partial charge in [0, 0.05) is 49.4 Å². The number of nitrogens with zero attached hydrogens (tertiary/aromatic N) is 3. The average Bonchev–Trinajstić information content (AvgIpc) is 2.76. The minimum absolute atomic E-state index is 0.133. The van der Waals surface area contributed by atoms with Crippen molar-refractivity contribution in [1.82, 2.24) is 9.88 Å². The molecule has 1 saturated heterocycles. The van der Waals surface area contributed by atoms with Crippen LogP contribution in [0.4, 0.5) is 25.8 Å². The minimum Gasteiger partial charge on any atom is -0.368 e. The van der Waals surface area contributed by atoms with Gasteiger partial charge in [-0.05, 0) is 60.7 Å². The highest BCUT2D eigenvalue weighted by Crippen LogP contribution is 2.20. The van der Waals surface area contributed by atoms with Crippen LogP contribution in [-0.4, -0.2) is 42.0 Å². The quantitative estimate of drug-likeness (QED) is 0.725. The number of hydrogen-bond donors (Lipinski definition) is 1. The molecule has 1 fully saturated rings. The van der Waals surface area contributed by atoms with Crippen LogP contribution in [0.2, 0.25) is 0 Å². The lowest BCUT2D eigenvalue weighted by atomic mass is 10.2. The van der Waals surface area contributed by atoms with Crippen molar-refractivity contribution in [2.75, 3.05) is 36.4 Å². The van der Waals surface area contributed by atoms with Crippen LogP contribution in [0.15, 0.2) is 66.9 Å². The maximum Gasteiger partial charge on any atom is 0.272 e. The second kappa shape index (κ2) is 8.26. The summed E-state index contributed by atoms with van der Waals surface area (Å²) in [6.45, 7) is 2.47. The van der Waals surface area contributed by atoms with E-state index in [1.165, 1.54) is 24.3 Å². The summed E-state index contributed by atoms with van der Waals surface area (Å²) in [6, 6.07) is 15.8. The number of halogens is 2. The van der Waals surface area contributed by atoms with E-state index in [1.54, 1.807) is 47.5 Å². The smallest absolute Gasteiger partial charge is 0.272 e. The summed E-state index contributed by atoms with van der Waals surface area (Å²) in [5.74, 6) is -0.699. The highest BCUT2D eigenvalue weighted by molar-refractivity contribution is 5.93. The van der Waals surface area contributed by atoms with Crippen LogP contribution >= 0.6 is 0 Å². The number of hydrogen-bond acceptors (Lipinski definition) is 4. The Kier molecular flexibility index (Phi) is 5.37. The fraction of sp³-hybridized carbons (Fsp3) is 0.182. The molecule has 1 aliphatic rings. The third-order valence-electron chi connectivity index (χ3n) is 4.87. The van der Waals surface area contributed by atoms with Gasteiger partial charge in [0.05, 0.1) is 0 Å². The standard InChI is InChI=1S/C22H20F2N4O/c23-16-1-5-18(6-2-16)26-19-9-10-25-21(15-19)22(29)28-13-11-27(12-14-28)20-7-3-17(24)4-8-20/h1-10,15H,11-14H2,(H,25,26). The predicted octanol–water partition coefficient (Wildman–Crippen LogP) is 4.07. The number of piperazine rings is 1. The largest absolute Gasteiger partial charge is 0.368 e. The normalized spacial score (nSPS) is 14.0. The molecule has 5 nitrogen and oxygen atoms in total. The van der Waals surface area contributed by atoms with E-state index in [-0.39, 0.29) is 17.5 Å². The molecule has 0 radical (unpaired) electrons. The monoisotopic (exact) mass is 394 g/mol. The molecular formula is C22H20F2N4O. The molecule has 0 atom stereocenters. The SMILES string of the molecule is O=C(c1cc(Nc2ccc(F)cc2)ccn1)N1CCN(c2ccc(F)cc2)CC1. The Morgan fingerprint density at radius 1 is 0.828 bits per heavy atom. The summed E-state index contributed by atoms with van der Waals surface area (Å²) in [5, 5.41) is 3.15. The van der Waals surface area contributed by atoms with Crippen LogP contribution < -0.4 is 10.2 Å². The van der Waals surface area contributed by atoms with Gasteiger partial charge in [-0.3, -0.25) is 9.78 Å². The second-order valence-electron chi connectivity index (χ2n) is 6.82. The average molecular weight is 394 g/mol. The third-order valence-corrected chi connectivity index (χ3v) is 4.87. The highest BCUT2D eigenvalue weighted by Gasteiger charge is 2.23. The van der Waals surface area contributed by atoms with Gasteiger partial charge in [0.2, 0.25) is 0 Å². The number of pyridine rings is 1. The lowest BCUT2D eigenvalue weighted by molar-refractivity contribution is 0.0741. The molecule has 0 unspecified atom stereocenters. The van der Waals surface area contributed by atoms with Crippen molar-refractivity contribution >= 4 is 23.0 Å². The lowest BCUT2D eigenvalue weighted by Gasteiger charge is -2.36. The van der Waals surface area contributed by atoms with Crippen molar-refractivity contribution in [2.45, 2.75) is 0 Å². The molecule has 1 aromatic heterocycles. The number of benzene rings is 2. The van der Waals surface area contributed by atoms with Gasteiger partial charge in [0.1, 0.15) is 17.3 Å². The van der Waals surface area contributed by atoms with Gasteiger partial charge >= 0.3 is 0 Å². The first kappa shape index (κ1) is 18.9. The van der Waals surface area contributed by atoms with Crippen molar-refractivity contribution in [3.8, 4) is 0 Å². The summed E-state index contributed by atoms with van der Waals surface area (Å²) in [4.78, 5) is 21.0. The molecule has 148 valence electrons. The van der Waals surface area contributed by atoms with Crippen LogP contribution in [-0.2, 0) is 0 Å². The summed E-state index contributed by atoms with van der Waals surface area (Å²) in [5.41, 5.74) is 2.73. The van der Waals surface area contributed by atoms with Crippen LogP contribution in [0.3, 0.4) is 0 Å². The number of carbonyl (C=O) groups excluding carboxylic acids is 1. The van der Waals surface area contributed by atoms with E-state index in [0.717, 1.165) is 11.4 Å². The Morgan fingerprint density at radius 3 is 2.10 bits per heavy atom. The van der Waals surface area contributed by atoms with Crippen molar-refractivity contribution in [3.05, 3.63) is 84.2 Å². The van der Waals surface area contributed by atoms with Gasteiger partial charge in [-0.15, -0.1) is 0 Å². The highest BCUT2D eigenvalue weighted by atomic mass is 19.1. The van der Waals surface area contributed by atoms with Crippen LogP contribution in [0.1, 0.15) is 10.5 Å². The van der Waals surface area contributed by atoms with Crippen molar-refractivity contribution in [3.63, 3.8) is 0 Å². The van der Waals surface area contributed by atoms with E-state index in [4.69, 9.17) is 0 Å². The Balaban J connectivity index is 1.39. The maximum absolute atomic E-state index is 13.1. The molecule has 3 aromatic rings. The first-order valence-electron chi connectivity index (χ1n) is 9.37. The van der Waals surface area contributed by atoms with E-state index in [0.29, 0.717) is 37.6 Å². The summed E-state index contributed by atoms with van der Waals surface area (Å²) >= 11 is 0. The first-order valence-corrected chi connectivity index (χ1v) is 9.37. The summed E-state index contributed by atoms with van der Waals surface area (Å²) < 4.78 is 26.1. The van der Waals surface area contributed by atoms with Gasteiger partial charge in [-0.2, -0.15) is 0 Å². The fourth-order valence-corrected chi connectivity index (χ4v) is 3.31. The number of nitrogens with one attached hydrogen (secondary N) is 1. The molecular weight excluding hydrogens is 374 g/mol. The van der Waals surface area contributed by atoms with Gasteiger partial charge in [-0.25, -0.2) is 8.78 Å². The van der Waals surface area contributed by atoms with Gasteiger partial charge < -0.3 is 15.1 Å². The van der Waals surface area contributed by atoms with Crippen LogP contribution in [0.5, 0.6) is 0 Å². The zero-order valence-corrected chi connectivity index (χ0v) is 15.7. The lowest BCUT2D eigenvalue weighted by Crippen LogP contribution is -2.49. The van der Waals surface area contributed by atoms with Crippen molar-refractivity contribution < 1.29 is 13.6 Å². The van der Waals surface area contributed by atoms with Gasteiger partial charge in [0.25, 0.3) is 5.91 Å². The first-order chi connectivity index (χ1) is 14.1. The van der Waals surface area contributed by atoms with E-state index in [2.05, 4.69) is 15.2 Å². The number of anilines is 3. The number of rotatable bonds is 4. The second-order valence-corrected chi connectivity index (χ2v) is 6.82. The molecule has 1 amide bonds. The zero-order chi connectivity index (χ0) is 20.2. The zero-order valence-electron chi connectivity index (χ0n) is 15.7. The van der Waals surface area contributed by atoms with E-state index in [1.807, 2.05) is 0 Å². The molecule has 4 rings (SSSR count). The Bertz CT molecular complexity index is 984.